The van der Waals surface area contributed by atoms with E-state index in [9.17, 15) is 14.7 Å². The molecule has 0 aliphatic carbocycles. The van der Waals surface area contributed by atoms with Crippen LogP contribution in [0.25, 0.3) is 6.08 Å². The molecule has 0 unspecified atom stereocenters. The van der Waals surface area contributed by atoms with Gasteiger partial charge in [0.05, 0.1) is 25.9 Å². The van der Waals surface area contributed by atoms with Crippen LogP contribution in [0, 0.1) is 0 Å². The summed E-state index contributed by atoms with van der Waals surface area (Å²) in [7, 11) is 2.63. The number of hydrogen-bond acceptors (Lipinski definition) is 6. The predicted octanol–water partition coefficient (Wildman–Crippen LogP) is 0.851. The molecule has 1 fully saturated rings. The molecule has 1 aromatic carbocycles. The SMILES string of the molecule is COC(=O)/C(=C\c1ccccc1)CN1C[C@H](O)C[C@H]1C(=O)OC. The first-order valence-electron chi connectivity index (χ1n) is 7.39. The van der Waals surface area contributed by atoms with Gasteiger partial charge in [-0.2, -0.15) is 0 Å². The second kappa shape index (κ2) is 7.89. The molecule has 1 aliphatic heterocycles. The maximum absolute atomic E-state index is 12.0. The van der Waals surface area contributed by atoms with Crippen LogP contribution >= 0.6 is 0 Å². The number of benzene rings is 1. The Kier molecular flexibility index (Phi) is 5.90. The smallest absolute Gasteiger partial charge is 0.335 e. The van der Waals surface area contributed by atoms with Gasteiger partial charge in [0.15, 0.2) is 0 Å². The molecule has 0 saturated carbocycles. The van der Waals surface area contributed by atoms with Crippen molar-refractivity contribution in [2.75, 3.05) is 27.3 Å². The van der Waals surface area contributed by atoms with Gasteiger partial charge in [-0.05, 0) is 11.6 Å². The Morgan fingerprint density at radius 1 is 1.26 bits per heavy atom. The molecule has 2 atom stereocenters. The fourth-order valence-electron chi connectivity index (χ4n) is 2.70. The van der Waals surface area contributed by atoms with Crippen LogP contribution in [0.5, 0.6) is 0 Å². The van der Waals surface area contributed by atoms with Gasteiger partial charge in [0.1, 0.15) is 6.04 Å². The Bertz CT molecular complexity index is 584. The molecule has 1 saturated heterocycles. The van der Waals surface area contributed by atoms with Crippen molar-refractivity contribution >= 4 is 18.0 Å². The summed E-state index contributed by atoms with van der Waals surface area (Å²) < 4.78 is 9.60. The monoisotopic (exact) mass is 319 g/mol. The van der Waals surface area contributed by atoms with Crippen molar-refractivity contribution < 1.29 is 24.2 Å². The Hall–Kier alpha value is -2.18. The van der Waals surface area contributed by atoms with Gasteiger partial charge in [-0.25, -0.2) is 4.79 Å². The number of esters is 2. The van der Waals surface area contributed by atoms with Crippen molar-refractivity contribution in [2.45, 2.75) is 18.6 Å². The second-order valence-electron chi connectivity index (χ2n) is 5.43. The summed E-state index contributed by atoms with van der Waals surface area (Å²) in [6, 6.07) is 8.83. The summed E-state index contributed by atoms with van der Waals surface area (Å²) in [5, 5.41) is 9.83. The van der Waals surface area contributed by atoms with Crippen LogP contribution in [0.4, 0.5) is 0 Å². The number of aliphatic hydroxyl groups is 1. The largest absolute Gasteiger partial charge is 0.468 e. The van der Waals surface area contributed by atoms with Gasteiger partial charge in [0, 0.05) is 19.5 Å². The molecule has 0 amide bonds. The van der Waals surface area contributed by atoms with Crippen molar-refractivity contribution in [3.63, 3.8) is 0 Å². The topological polar surface area (TPSA) is 76.1 Å². The highest BCUT2D eigenvalue weighted by Gasteiger charge is 2.37. The number of aliphatic hydroxyl groups excluding tert-OH is 1. The number of carbonyl (C=O) groups excluding carboxylic acids is 2. The molecular formula is C17H21NO5. The van der Waals surface area contributed by atoms with E-state index in [-0.39, 0.29) is 6.54 Å². The van der Waals surface area contributed by atoms with E-state index in [0.29, 0.717) is 18.5 Å². The van der Waals surface area contributed by atoms with Crippen molar-refractivity contribution in [3.8, 4) is 0 Å². The number of β-amino-alcohol motifs (C(OH)–C–C–N with tert-alkyl or cyclic N) is 1. The van der Waals surface area contributed by atoms with Crippen LogP contribution in [0.1, 0.15) is 12.0 Å². The molecular weight excluding hydrogens is 298 g/mol. The minimum Gasteiger partial charge on any atom is -0.468 e. The van der Waals surface area contributed by atoms with Crippen LogP contribution in [0.15, 0.2) is 35.9 Å². The van der Waals surface area contributed by atoms with E-state index in [1.54, 1.807) is 11.0 Å². The molecule has 1 heterocycles. The van der Waals surface area contributed by atoms with E-state index in [4.69, 9.17) is 9.47 Å². The maximum atomic E-state index is 12.0. The molecule has 23 heavy (non-hydrogen) atoms. The van der Waals surface area contributed by atoms with Gasteiger partial charge < -0.3 is 14.6 Å². The first kappa shape index (κ1) is 17.2. The lowest BCUT2D eigenvalue weighted by Crippen LogP contribution is -2.39. The molecule has 124 valence electrons. The molecule has 1 aliphatic rings. The maximum Gasteiger partial charge on any atom is 0.335 e. The number of likely N-dealkylation sites (tertiary alicyclic amines) is 1. The van der Waals surface area contributed by atoms with Gasteiger partial charge >= 0.3 is 11.9 Å². The zero-order valence-electron chi connectivity index (χ0n) is 13.3. The fraction of sp³-hybridized carbons (Fsp3) is 0.412. The lowest BCUT2D eigenvalue weighted by molar-refractivity contribution is -0.146. The molecule has 6 nitrogen and oxygen atoms in total. The normalized spacial score (nSPS) is 22.0. The summed E-state index contributed by atoms with van der Waals surface area (Å²) in [4.78, 5) is 25.6. The standard InChI is InChI=1S/C17H21NO5/c1-22-16(20)13(8-12-6-4-3-5-7-12)10-18-11-14(19)9-15(18)17(21)23-2/h3-8,14-15,19H,9-11H2,1-2H3/b13-8-/t14-,15+/m1/s1. The molecule has 1 N–H and O–H groups in total. The number of ether oxygens (including phenoxy) is 2. The fourth-order valence-corrected chi connectivity index (χ4v) is 2.70. The van der Waals surface area contributed by atoms with E-state index in [2.05, 4.69) is 0 Å². The third-order valence-electron chi connectivity index (χ3n) is 3.82. The third-order valence-corrected chi connectivity index (χ3v) is 3.82. The molecule has 0 radical (unpaired) electrons. The minimum absolute atomic E-state index is 0.207. The summed E-state index contributed by atoms with van der Waals surface area (Å²) in [5.74, 6) is -0.871. The number of hydrogen-bond donors (Lipinski definition) is 1. The summed E-state index contributed by atoms with van der Waals surface area (Å²) >= 11 is 0. The number of methoxy groups -OCH3 is 2. The van der Waals surface area contributed by atoms with E-state index in [1.165, 1.54) is 14.2 Å². The summed E-state index contributed by atoms with van der Waals surface area (Å²) in [6.45, 7) is 0.515. The summed E-state index contributed by atoms with van der Waals surface area (Å²) in [6.07, 6.45) is 1.41. The highest BCUT2D eigenvalue weighted by molar-refractivity contribution is 5.94. The second-order valence-corrected chi connectivity index (χ2v) is 5.43. The average Bonchev–Trinajstić information content (AvgIpc) is 2.94. The van der Waals surface area contributed by atoms with Crippen LogP contribution < -0.4 is 0 Å². The molecule has 0 bridgehead atoms. The van der Waals surface area contributed by atoms with Crippen molar-refractivity contribution in [2.24, 2.45) is 0 Å². The predicted molar refractivity (Wildman–Crippen MR) is 84.4 cm³/mol. The Morgan fingerprint density at radius 3 is 2.57 bits per heavy atom. The molecule has 1 aromatic rings. The summed E-state index contributed by atoms with van der Waals surface area (Å²) in [5.41, 5.74) is 1.28. The van der Waals surface area contributed by atoms with E-state index in [0.717, 1.165) is 5.56 Å². The quantitative estimate of drug-likeness (QED) is 0.640. The van der Waals surface area contributed by atoms with E-state index in [1.807, 2.05) is 30.3 Å². The highest BCUT2D eigenvalue weighted by Crippen LogP contribution is 2.21. The molecule has 0 spiro atoms. The lowest BCUT2D eigenvalue weighted by atomic mass is 10.1. The van der Waals surface area contributed by atoms with Crippen molar-refractivity contribution in [1.29, 1.82) is 0 Å². The Balaban J connectivity index is 2.22. The van der Waals surface area contributed by atoms with Crippen molar-refractivity contribution in [3.05, 3.63) is 41.5 Å². The first-order chi connectivity index (χ1) is 11.0. The zero-order chi connectivity index (χ0) is 16.8. The Morgan fingerprint density at radius 2 is 1.96 bits per heavy atom. The molecule has 2 rings (SSSR count). The van der Waals surface area contributed by atoms with Crippen molar-refractivity contribution in [1.82, 2.24) is 4.90 Å². The number of carbonyl (C=O) groups is 2. The van der Waals surface area contributed by atoms with E-state index >= 15 is 0 Å². The van der Waals surface area contributed by atoms with Gasteiger partial charge in [-0.15, -0.1) is 0 Å². The Labute approximate surface area is 135 Å². The number of rotatable bonds is 5. The van der Waals surface area contributed by atoms with Gasteiger partial charge in [0.2, 0.25) is 0 Å². The zero-order valence-corrected chi connectivity index (χ0v) is 13.3. The van der Waals surface area contributed by atoms with Crippen LogP contribution in [0.3, 0.4) is 0 Å². The van der Waals surface area contributed by atoms with Crippen LogP contribution in [-0.2, 0) is 19.1 Å². The first-order valence-corrected chi connectivity index (χ1v) is 7.39. The molecule has 6 heteroatoms. The third kappa shape index (κ3) is 4.40. The lowest BCUT2D eigenvalue weighted by Gasteiger charge is -2.22. The number of nitrogens with zero attached hydrogens (tertiary/aromatic N) is 1. The van der Waals surface area contributed by atoms with Gasteiger partial charge in [0.25, 0.3) is 0 Å². The molecule has 0 aromatic heterocycles. The van der Waals surface area contributed by atoms with Gasteiger partial charge in [-0.1, -0.05) is 30.3 Å². The van der Waals surface area contributed by atoms with Gasteiger partial charge in [-0.3, -0.25) is 9.69 Å². The highest BCUT2D eigenvalue weighted by atomic mass is 16.5. The average molecular weight is 319 g/mol. The van der Waals surface area contributed by atoms with Crippen LogP contribution in [-0.4, -0.2) is 61.4 Å². The minimum atomic E-state index is -0.616. The van der Waals surface area contributed by atoms with E-state index < -0.39 is 24.1 Å². The van der Waals surface area contributed by atoms with Crippen LogP contribution in [0.2, 0.25) is 0 Å².